The number of amides is 1. The van der Waals surface area contributed by atoms with Crippen molar-refractivity contribution in [3.05, 3.63) is 90.2 Å². The topological polar surface area (TPSA) is 38.3 Å². The Hall–Kier alpha value is -2.79. The molecule has 0 aliphatic rings. The van der Waals surface area contributed by atoms with Gasteiger partial charge in [0.2, 0.25) is 5.91 Å². The standard InChI is InChI=1S/C21H18FNO2S/c22-17-8-6-16(7-9-17)14-26-15-21(24)23-18-10-12-20(13-11-18)25-19-4-2-1-3-5-19/h1-13H,14-15H2,(H,23,24). The minimum absolute atomic E-state index is 0.0751. The molecule has 0 aliphatic carbocycles. The van der Waals surface area contributed by atoms with E-state index in [1.54, 1.807) is 24.3 Å². The van der Waals surface area contributed by atoms with E-state index >= 15 is 0 Å². The number of hydrogen-bond donors (Lipinski definition) is 1. The molecule has 3 aromatic rings. The maximum absolute atomic E-state index is 12.9. The Bertz CT molecular complexity index is 836. The number of hydrogen-bond acceptors (Lipinski definition) is 3. The summed E-state index contributed by atoms with van der Waals surface area (Å²) in [7, 11) is 0. The number of halogens is 1. The van der Waals surface area contributed by atoms with Crippen molar-refractivity contribution >= 4 is 23.4 Å². The largest absolute Gasteiger partial charge is 0.457 e. The number of para-hydroxylation sites is 1. The van der Waals surface area contributed by atoms with E-state index in [0.717, 1.165) is 17.0 Å². The molecule has 0 aliphatic heterocycles. The molecule has 0 saturated heterocycles. The second kappa shape index (κ2) is 9.06. The fourth-order valence-corrected chi connectivity index (χ4v) is 3.06. The lowest BCUT2D eigenvalue weighted by molar-refractivity contribution is -0.113. The summed E-state index contributed by atoms with van der Waals surface area (Å²) in [4.78, 5) is 12.0. The number of carbonyl (C=O) groups excluding carboxylic acids is 1. The van der Waals surface area contributed by atoms with Crippen LogP contribution < -0.4 is 10.1 Å². The van der Waals surface area contributed by atoms with E-state index in [1.807, 2.05) is 42.5 Å². The molecule has 0 fully saturated rings. The third-order valence-electron chi connectivity index (χ3n) is 3.53. The van der Waals surface area contributed by atoms with Crippen molar-refractivity contribution in [1.29, 1.82) is 0 Å². The highest BCUT2D eigenvalue weighted by Gasteiger charge is 2.04. The van der Waals surface area contributed by atoms with Gasteiger partial charge in [0.05, 0.1) is 5.75 Å². The predicted octanol–water partition coefficient (Wildman–Crippen LogP) is 5.49. The van der Waals surface area contributed by atoms with Crippen molar-refractivity contribution in [2.75, 3.05) is 11.1 Å². The number of ether oxygens (including phenoxy) is 1. The highest BCUT2D eigenvalue weighted by Crippen LogP contribution is 2.22. The van der Waals surface area contributed by atoms with Crippen LogP contribution in [0.3, 0.4) is 0 Å². The van der Waals surface area contributed by atoms with Crippen LogP contribution in [0.2, 0.25) is 0 Å². The summed E-state index contributed by atoms with van der Waals surface area (Å²) in [5.41, 5.74) is 1.71. The van der Waals surface area contributed by atoms with Crippen LogP contribution in [0, 0.1) is 5.82 Å². The number of rotatable bonds is 7. The third-order valence-corrected chi connectivity index (χ3v) is 4.54. The van der Waals surface area contributed by atoms with Crippen molar-refractivity contribution in [3.63, 3.8) is 0 Å². The van der Waals surface area contributed by atoms with E-state index < -0.39 is 0 Å². The summed E-state index contributed by atoms with van der Waals surface area (Å²) >= 11 is 1.49. The molecular weight excluding hydrogens is 349 g/mol. The van der Waals surface area contributed by atoms with Crippen molar-refractivity contribution in [2.24, 2.45) is 0 Å². The molecule has 0 saturated carbocycles. The van der Waals surface area contributed by atoms with Crippen LogP contribution in [0.4, 0.5) is 10.1 Å². The van der Waals surface area contributed by atoms with Gasteiger partial charge in [-0.2, -0.15) is 0 Å². The van der Waals surface area contributed by atoms with Gasteiger partial charge in [-0.05, 0) is 54.1 Å². The molecule has 26 heavy (non-hydrogen) atoms. The monoisotopic (exact) mass is 367 g/mol. The van der Waals surface area contributed by atoms with E-state index in [-0.39, 0.29) is 11.7 Å². The zero-order chi connectivity index (χ0) is 18.2. The van der Waals surface area contributed by atoms with Crippen molar-refractivity contribution in [1.82, 2.24) is 0 Å². The van der Waals surface area contributed by atoms with Crippen LogP contribution >= 0.6 is 11.8 Å². The number of carbonyl (C=O) groups is 1. The molecule has 5 heteroatoms. The lowest BCUT2D eigenvalue weighted by Crippen LogP contribution is -2.14. The summed E-state index contributed by atoms with van der Waals surface area (Å²) < 4.78 is 18.6. The maximum atomic E-state index is 12.9. The molecular formula is C21H18FNO2S. The molecule has 0 spiro atoms. The van der Waals surface area contributed by atoms with E-state index in [2.05, 4.69) is 5.32 Å². The first kappa shape index (κ1) is 18.0. The van der Waals surface area contributed by atoms with Gasteiger partial charge in [0, 0.05) is 11.4 Å². The zero-order valence-corrected chi connectivity index (χ0v) is 14.8. The molecule has 0 unspecified atom stereocenters. The Balaban J connectivity index is 1.44. The summed E-state index contributed by atoms with van der Waals surface area (Å²) in [6, 6.07) is 23.1. The van der Waals surface area contributed by atoms with Gasteiger partial charge >= 0.3 is 0 Å². The van der Waals surface area contributed by atoms with Gasteiger partial charge in [-0.15, -0.1) is 11.8 Å². The zero-order valence-electron chi connectivity index (χ0n) is 14.0. The first-order chi connectivity index (χ1) is 12.7. The average Bonchev–Trinajstić information content (AvgIpc) is 2.66. The molecule has 0 heterocycles. The smallest absolute Gasteiger partial charge is 0.234 e. The van der Waals surface area contributed by atoms with Gasteiger partial charge in [0.1, 0.15) is 17.3 Å². The minimum Gasteiger partial charge on any atom is -0.457 e. The number of thioether (sulfide) groups is 1. The second-order valence-corrected chi connectivity index (χ2v) is 6.59. The van der Waals surface area contributed by atoms with Gasteiger partial charge in [-0.3, -0.25) is 4.79 Å². The highest BCUT2D eigenvalue weighted by molar-refractivity contribution is 7.99. The lowest BCUT2D eigenvalue weighted by Gasteiger charge is -2.08. The average molecular weight is 367 g/mol. The number of anilines is 1. The lowest BCUT2D eigenvalue weighted by atomic mass is 10.2. The summed E-state index contributed by atoms with van der Waals surface area (Å²) in [6.07, 6.45) is 0. The third kappa shape index (κ3) is 5.63. The first-order valence-corrected chi connectivity index (χ1v) is 9.29. The molecule has 0 bridgehead atoms. The number of nitrogens with one attached hydrogen (secondary N) is 1. The molecule has 3 rings (SSSR count). The second-order valence-electron chi connectivity index (χ2n) is 5.61. The molecule has 3 aromatic carbocycles. The molecule has 1 N–H and O–H groups in total. The Morgan fingerprint density at radius 2 is 1.54 bits per heavy atom. The van der Waals surface area contributed by atoms with Gasteiger partial charge < -0.3 is 10.1 Å². The predicted molar refractivity (Wildman–Crippen MR) is 104 cm³/mol. The van der Waals surface area contributed by atoms with E-state index in [0.29, 0.717) is 17.3 Å². The molecule has 3 nitrogen and oxygen atoms in total. The summed E-state index contributed by atoms with van der Waals surface area (Å²) in [6.45, 7) is 0. The maximum Gasteiger partial charge on any atom is 0.234 e. The number of benzene rings is 3. The van der Waals surface area contributed by atoms with Gasteiger partial charge in [0.15, 0.2) is 0 Å². The van der Waals surface area contributed by atoms with Crippen molar-refractivity contribution < 1.29 is 13.9 Å². The highest BCUT2D eigenvalue weighted by atomic mass is 32.2. The SMILES string of the molecule is O=C(CSCc1ccc(F)cc1)Nc1ccc(Oc2ccccc2)cc1. The molecule has 0 radical (unpaired) electrons. The molecule has 0 atom stereocenters. The summed E-state index contributed by atoms with van der Waals surface area (Å²) in [5.74, 6) is 2.14. The molecule has 0 aromatic heterocycles. The van der Waals surface area contributed by atoms with Crippen LogP contribution in [-0.2, 0) is 10.5 Å². The van der Waals surface area contributed by atoms with E-state index in [9.17, 15) is 9.18 Å². The molecule has 132 valence electrons. The molecule has 1 amide bonds. The van der Waals surface area contributed by atoms with Crippen LogP contribution in [-0.4, -0.2) is 11.7 Å². The van der Waals surface area contributed by atoms with Crippen molar-refractivity contribution in [3.8, 4) is 11.5 Å². The van der Waals surface area contributed by atoms with Crippen molar-refractivity contribution in [2.45, 2.75) is 5.75 Å². The first-order valence-electron chi connectivity index (χ1n) is 8.14. The minimum atomic E-state index is -0.254. The van der Waals surface area contributed by atoms with Gasteiger partial charge in [-0.25, -0.2) is 4.39 Å². The fraction of sp³-hybridized carbons (Fsp3) is 0.0952. The quantitative estimate of drug-likeness (QED) is 0.600. The summed E-state index contributed by atoms with van der Waals surface area (Å²) in [5, 5.41) is 2.85. The van der Waals surface area contributed by atoms with Crippen LogP contribution in [0.5, 0.6) is 11.5 Å². The van der Waals surface area contributed by atoms with Crippen LogP contribution in [0.15, 0.2) is 78.9 Å². The Kier molecular flexibility index (Phi) is 6.28. The van der Waals surface area contributed by atoms with Crippen LogP contribution in [0.25, 0.3) is 0 Å². The van der Waals surface area contributed by atoms with E-state index in [4.69, 9.17) is 4.74 Å². The Labute approximate surface area is 156 Å². The normalized spacial score (nSPS) is 10.3. The Morgan fingerprint density at radius 3 is 2.23 bits per heavy atom. The fourth-order valence-electron chi connectivity index (χ4n) is 2.27. The van der Waals surface area contributed by atoms with Gasteiger partial charge in [-0.1, -0.05) is 30.3 Å². The van der Waals surface area contributed by atoms with Gasteiger partial charge in [0.25, 0.3) is 0 Å². The Morgan fingerprint density at radius 1 is 0.885 bits per heavy atom. The van der Waals surface area contributed by atoms with E-state index in [1.165, 1.54) is 23.9 Å². The van der Waals surface area contributed by atoms with Crippen LogP contribution in [0.1, 0.15) is 5.56 Å².